The Morgan fingerprint density at radius 1 is 1.31 bits per heavy atom. The van der Waals surface area contributed by atoms with Crippen molar-refractivity contribution in [3.05, 3.63) is 52.3 Å². The van der Waals surface area contributed by atoms with Gasteiger partial charge in [0.2, 0.25) is 17.6 Å². The summed E-state index contributed by atoms with van der Waals surface area (Å²) in [5.41, 5.74) is -0.0556. The number of likely N-dealkylation sites (N-methyl/N-ethyl adjacent to an activating group) is 1. The van der Waals surface area contributed by atoms with Gasteiger partial charge in [-0.05, 0) is 35.0 Å². The fourth-order valence-corrected chi connectivity index (χ4v) is 4.08. The smallest absolute Gasteiger partial charge is 0.295 e. The standard InChI is InChI=1S/C24H25BrN4O6/c1-24(23(32)27-10-14-7-5-6-8-16(14)33-4)13-34-20-19-17(9-15(25)11-26-19)35-21(20)22(31)29(24)12-18(30)28(2)3/h5-9,11H,10,12-13H2,1-4H3,(H,27,32). The molecule has 1 aliphatic heterocycles. The molecule has 4 rings (SSSR count). The zero-order valence-electron chi connectivity index (χ0n) is 19.8. The van der Waals surface area contributed by atoms with E-state index in [1.54, 1.807) is 46.5 Å². The first-order valence-corrected chi connectivity index (χ1v) is 11.6. The summed E-state index contributed by atoms with van der Waals surface area (Å²) in [7, 11) is 4.70. The lowest BCUT2D eigenvalue weighted by Gasteiger charge is -2.37. The summed E-state index contributed by atoms with van der Waals surface area (Å²) < 4.78 is 17.8. The number of ether oxygens (including phenoxy) is 2. The van der Waals surface area contributed by atoms with Crippen molar-refractivity contribution < 1.29 is 28.3 Å². The number of amides is 3. The molecule has 0 saturated carbocycles. The van der Waals surface area contributed by atoms with Gasteiger partial charge in [-0.15, -0.1) is 0 Å². The summed E-state index contributed by atoms with van der Waals surface area (Å²) in [6, 6.07) is 8.95. The molecule has 11 heteroatoms. The molecule has 0 bridgehead atoms. The van der Waals surface area contributed by atoms with Crippen LogP contribution in [-0.2, 0) is 16.1 Å². The van der Waals surface area contributed by atoms with Gasteiger partial charge >= 0.3 is 0 Å². The van der Waals surface area contributed by atoms with Gasteiger partial charge in [0, 0.05) is 36.9 Å². The Kier molecular flexibility index (Phi) is 6.70. The molecule has 1 aliphatic rings. The molecule has 1 unspecified atom stereocenters. The van der Waals surface area contributed by atoms with E-state index >= 15 is 0 Å². The number of nitrogens with one attached hydrogen (secondary N) is 1. The Labute approximate surface area is 210 Å². The number of fused-ring (bicyclic) bond motifs is 3. The predicted octanol–water partition coefficient (Wildman–Crippen LogP) is 2.60. The van der Waals surface area contributed by atoms with Crippen LogP contribution < -0.4 is 14.8 Å². The molecule has 0 spiro atoms. The highest BCUT2D eigenvalue weighted by Gasteiger charge is 2.49. The fraction of sp³-hybridized carbons (Fsp3) is 0.333. The van der Waals surface area contributed by atoms with Crippen molar-refractivity contribution in [2.45, 2.75) is 19.0 Å². The first kappa shape index (κ1) is 24.5. The number of carbonyl (C=O) groups is 3. The number of methoxy groups -OCH3 is 1. The molecule has 0 saturated heterocycles. The molecule has 2 aromatic heterocycles. The molecule has 1 aromatic carbocycles. The number of rotatable bonds is 6. The maximum absolute atomic E-state index is 13.7. The molecule has 35 heavy (non-hydrogen) atoms. The summed E-state index contributed by atoms with van der Waals surface area (Å²) in [5.74, 6) is -0.846. The van der Waals surface area contributed by atoms with E-state index in [1.807, 2.05) is 18.2 Å². The quantitative estimate of drug-likeness (QED) is 0.507. The van der Waals surface area contributed by atoms with Crippen molar-refractivity contribution in [3.63, 3.8) is 0 Å². The third kappa shape index (κ3) is 4.55. The number of nitrogens with zero attached hydrogens (tertiary/aromatic N) is 3. The van der Waals surface area contributed by atoms with Gasteiger partial charge in [-0.3, -0.25) is 14.4 Å². The molecule has 3 aromatic rings. The van der Waals surface area contributed by atoms with Gasteiger partial charge in [-0.2, -0.15) is 0 Å². The van der Waals surface area contributed by atoms with Crippen molar-refractivity contribution >= 4 is 44.8 Å². The van der Waals surface area contributed by atoms with Crippen LogP contribution in [-0.4, -0.2) is 72.4 Å². The second-order valence-electron chi connectivity index (χ2n) is 8.50. The summed E-state index contributed by atoms with van der Waals surface area (Å²) in [6.07, 6.45) is 1.56. The second-order valence-corrected chi connectivity index (χ2v) is 9.41. The fourth-order valence-electron chi connectivity index (χ4n) is 3.77. The Morgan fingerprint density at radius 3 is 2.77 bits per heavy atom. The molecular weight excluding hydrogens is 520 g/mol. The number of halogens is 1. The van der Waals surface area contributed by atoms with Gasteiger partial charge in [0.1, 0.15) is 18.9 Å². The SMILES string of the molecule is COc1ccccc1CNC(=O)C1(C)COc2c(oc3cc(Br)cnc23)C(=O)N1CC(=O)N(C)C. The van der Waals surface area contributed by atoms with Crippen molar-refractivity contribution in [2.24, 2.45) is 0 Å². The average Bonchev–Trinajstić information content (AvgIpc) is 3.16. The third-order valence-corrected chi connectivity index (χ3v) is 6.33. The van der Waals surface area contributed by atoms with Crippen LogP contribution in [0, 0.1) is 0 Å². The average molecular weight is 545 g/mol. The van der Waals surface area contributed by atoms with Gasteiger partial charge in [0.05, 0.1) is 7.11 Å². The molecule has 1 atom stereocenters. The Morgan fingerprint density at radius 2 is 2.06 bits per heavy atom. The highest BCUT2D eigenvalue weighted by Crippen LogP contribution is 2.38. The minimum Gasteiger partial charge on any atom is -0.496 e. The van der Waals surface area contributed by atoms with Crippen LogP contribution >= 0.6 is 15.9 Å². The molecule has 3 heterocycles. The van der Waals surface area contributed by atoms with E-state index < -0.39 is 17.4 Å². The van der Waals surface area contributed by atoms with E-state index in [0.717, 1.165) is 5.56 Å². The highest BCUT2D eigenvalue weighted by atomic mass is 79.9. The van der Waals surface area contributed by atoms with Crippen molar-refractivity contribution in [3.8, 4) is 11.5 Å². The lowest BCUT2D eigenvalue weighted by molar-refractivity contribution is -0.137. The number of benzene rings is 1. The number of aromatic nitrogens is 1. The Hall–Kier alpha value is -3.60. The Bertz CT molecular complexity index is 1310. The van der Waals surface area contributed by atoms with Crippen LogP contribution in [0.15, 0.2) is 45.4 Å². The number of furan rings is 1. The van der Waals surface area contributed by atoms with Crippen LogP contribution in [0.4, 0.5) is 0 Å². The molecular formula is C24H25BrN4O6. The largest absolute Gasteiger partial charge is 0.496 e. The van der Waals surface area contributed by atoms with Crippen LogP contribution in [0.1, 0.15) is 23.0 Å². The number of pyridine rings is 1. The minimum absolute atomic E-state index is 0.113. The Balaban J connectivity index is 1.70. The maximum atomic E-state index is 13.7. The number of para-hydroxylation sites is 1. The van der Waals surface area contributed by atoms with Gasteiger partial charge in [0.15, 0.2) is 22.4 Å². The molecule has 3 amide bonds. The lowest BCUT2D eigenvalue weighted by atomic mass is 9.98. The monoisotopic (exact) mass is 544 g/mol. The maximum Gasteiger partial charge on any atom is 0.295 e. The molecule has 0 aliphatic carbocycles. The topological polar surface area (TPSA) is 114 Å². The normalized spacial score (nSPS) is 17.4. The van der Waals surface area contributed by atoms with Crippen LogP contribution in [0.2, 0.25) is 0 Å². The van der Waals surface area contributed by atoms with Gasteiger partial charge in [0.25, 0.3) is 5.91 Å². The number of hydrogen-bond donors (Lipinski definition) is 1. The zero-order valence-corrected chi connectivity index (χ0v) is 21.3. The van der Waals surface area contributed by atoms with Gasteiger partial charge in [-0.1, -0.05) is 18.2 Å². The highest BCUT2D eigenvalue weighted by molar-refractivity contribution is 9.10. The number of hydrogen-bond acceptors (Lipinski definition) is 7. The molecule has 10 nitrogen and oxygen atoms in total. The minimum atomic E-state index is -1.52. The van der Waals surface area contributed by atoms with Crippen LogP contribution in [0.5, 0.6) is 11.5 Å². The summed E-state index contributed by atoms with van der Waals surface area (Å²) in [4.78, 5) is 46.7. The van der Waals surface area contributed by atoms with E-state index in [2.05, 4.69) is 26.2 Å². The molecule has 0 fully saturated rings. The summed E-state index contributed by atoms with van der Waals surface area (Å²) in [5, 5.41) is 2.86. The summed E-state index contributed by atoms with van der Waals surface area (Å²) in [6.45, 7) is 1.16. The molecule has 184 valence electrons. The van der Waals surface area contributed by atoms with Crippen LogP contribution in [0.3, 0.4) is 0 Å². The van der Waals surface area contributed by atoms with Gasteiger partial charge in [-0.25, -0.2) is 4.98 Å². The number of carbonyl (C=O) groups excluding carboxylic acids is 3. The van der Waals surface area contributed by atoms with Gasteiger partial charge < -0.3 is 29.0 Å². The van der Waals surface area contributed by atoms with E-state index in [4.69, 9.17) is 13.9 Å². The molecule has 0 radical (unpaired) electrons. The predicted molar refractivity (Wildman–Crippen MR) is 130 cm³/mol. The van der Waals surface area contributed by atoms with E-state index in [0.29, 0.717) is 21.3 Å². The van der Waals surface area contributed by atoms with Crippen LogP contribution in [0.25, 0.3) is 11.1 Å². The second kappa shape index (κ2) is 9.57. The van der Waals surface area contributed by atoms with E-state index in [1.165, 1.54) is 9.80 Å². The molecule has 1 N–H and O–H groups in total. The zero-order chi connectivity index (χ0) is 25.3. The third-order valence-electron chi connectivity index (χ3n) is 5.90. The lowest BCUT2D eigenvalue weighted by Crippen LogP contribution is -2.62. The van der Waals surface area contributed by atoms with E-state index in [-0.39, 0.29) is 37.1 Å². The van der Waals surface area contributed by atoms with Crippen molar-refractivity contribution in [2.75, 3.05) is 34.4 Å². The van der Waals surface area contributed by atoms with E-state index in [9.17, 15) is 14.4 Å². The first-order chi connectivity index (χ1) is 16.7. The van der Waals surface area contributed by atoms with Crippen molar-refractivity contribution in [1.82, 2.24) is 20.1 Å². The van der Waals surface area contributed by atoms with Crippen molar-refractivity contribution in [1.29, 1.82) is 0 Å². The summed E-state index contributed by atoms with van der Waals surface area (Å²) >= 11 is 3.33. The first-order valence-electron chi connectivity index (χ1n) is 10.8.